The number of rotatable bonds is 6. The van der Waals surface area contributed by atoms with Crippen LogP contribution < -0.4 is 10.6 Å². The standard InChI is InChI=1S/C18H14Cl3N4O3Se/c19-18(20,21)16(23-15(26)10-9-12-5-2-1-3-6-12)24-17(29)22-13-7-4-8-14(11-13)25(27)28/h1-11,16H,(H,22,24)(H,23,26)/b10-9+. The molecule has 7 nitrogen and oxygen atoms in total. The molecule has 1 atom stereocenters. The first-order valence-corrected chi connectivity index (χ1v) is 10.0. The summed E-state index contributed by atoms with van der Waals surface area (Å²) in [4.78, 5) is 26.7. The zero-order chi connectivity index (χ0) is 21.4. The molecule has 29 heavy (non-hydrogen) atoms. The van der Waals surface area contributed by atoms with Gasteiger partial charge in [-0.2, -0.15) is 0 Å². The molecule has 0 aliphatic heterocycles. The molecule has 1 amide bonds. The molecule has 0 aliphatic carbocycles. The summed E-state index contributed by atoms with van der Waals surface area (Å²) >= 11 is 20.4. The van der Waals surface area contributed by atoms with E-state index in [4.69, 9.17) is 34.8 Å². The molecule has 1 radical (unpaired) electrons. The van der Waals surface area contributed by atoms with Crippen LogP contribution in [0.3, 0.4) is 0 Å². The van der Waals surface area contributed by atoms with Crippen LogP contribution in [-0.2, 0) is 4.79 Å². The second-order valence-corrected chi connectivity index (χ2v) is 8.74. The summed E-state index contributed by atoms with van der Waals surface area (Å²) in [5.74, 6) is -0.517. The SMILES string of the molecule is O=C(/C=C/c1ccccc1)NC(N=C([Se])Nc1cccc([N+](=O)[O-])c1)C(Cl)(Cl)Cl. The number of nitrogens with one attached hydrogen (secondary N) is 2. The van der Waals surface area contributed by atoms with Crippen molar-refractivity contribution in [3.63, 3.8) is 0 Å². The molecular formula is C18H14Cl3N4O3Se. The van der Waals surface area contributed by atoms with E-state index in [9.17, 15) is 14.9 Å². The van der Waals surface area contributed by atoms with Crippen LogP contribution in [0.15, 0.2) is 65.7 Å². The maximum absolute atomic E-state index is 12.2. The molecule has 2 aromatic rings. The van der Waals surface area contributed by atoms with Gasteiger partial charge in [-0.15, -0.1) is 0 Å². The fourth-order valence-corrected chi connectivity index (χ4v) is 2.85. The predicted octanol–water partition coefficient (Wildman–Crippen LogP) is 4.06. The predicted molar refractivity (Wildman–Crippen MR) is 118 cm³/mol. The Hall–Kier alpha value is -2.09. The maximum atomic E-state index is 12.2. The first-order valence-electron chi connectivity index (χ1n) is 8.02. The van der Waals surface area contributed by atoms with Gasteiger partial charge in [0.05, 0.1) is 0 Å². The Labute approximate surface area is 190 Å². The summed E-state index contributed by atoms with van der Waals surface area (Å²) in [6.45, 7) is 0. The average Bonchev–Trinajstić information content (AvgIpc) is 2.66. The van der Waals surface area contributed by atoms with Gasteiger partial charge in [-0.25, -0.2) is 0 Å². The van der Waals surface area contributed by atoms with Gasteiger partial charge in [0.25, 0.3) is 0 Å². The van der Waals surface area contributed by atoms with Crippen molar-refractivity contribution >= 4 is 78.9 Å². The summed E-state index contributed by atoms with van der Waals surface area (Å²) in [6, 6.07) is 15.0. The van der Waals surface area contributed by atoms with Crippen molar-refractivity contribution in [2.45, 2.75) is 9.96 Å². The van der Waals surface area contributed by atoms with Crippen LogP contribution in [-0.4, -0.2) is 41.5 Å². The molecular weight excluding hydrogens is 506 g/mol. The van der Waals surface area contributed by atoms with Gasteiger partial charge in [0.15, 0.2) is 0 Å². The summed E-state index contributed by atoms with van der Waals surface area (Å²) in [7, 11) is 0. The summed E-state index contributed by atoms with van der Waals surface area (Å²) < 4.78 is -1.77. The fraction of sp³-hybridized carbons (Fsp3) is 0.111. The van der Waals surface area contributed by atoms with E-state index < -0.39 is 20.8 Å². The Morgan fingerprint density at radius 2 is 1.86 bits per heavy atom. The third kappa shape index (κ3) is 8.04. The third-order valence-corrected chi connectivity index (χ3v) is 4.43. The van der Waals surface area contributed by atoms with Crippen LogP contribution >= 0.6 is 34.8 Å². The Balaban J connectivity index is 2.11. The third-order valence-electron chi connectivity index (χ3n) is 3.37. The second-order valence-electron chi connectivity index (χ2n) is 5.56. The number of carbonyl (C=O) groups is 1. The number of non-ortho nitro benzene ring substituents is 1. The number of alkyl halides is 3. The van der Waals surface area contributed by atoms with E-state index in [0.717, 1.165) is 5.56 Å². The van der Waals surface area contributed by atoms with E-state index in [1.54, 1.807) is 12.1 Å². The first kappa shape index (κ1) is 23.2. The van der Waals surface area contributed by atoms with E-state index in [0.29, 0.717) is 5.69 Å². The summed E-state index contributed by atoms with van der Waals surface area (Å²) in [5, 5.41) is 16.2. The number of amides is 1. The van der Waals surface area contributed by atoms with Gasteiger partial charge in [-0.05, 0) is 0 Å². The van der Waals surface area contributed by atoms with E-state index in [1.807, 2.05) is 30.3 Å². The molecule has 11 heteroatoms. The Morgan fingerprint density at radius 1 is 1.17 bits per heavy atom. The molecule has 0 bridgehead atoms. The molecule has 0 aromatic heterocycles. The number of aliphatic imine (C=N–C) groups is 1. The number of nitrogens with zero attached hydrogens (tertiary/aromatic N) is 2. The van der Waals surface area contributed by atoms with Gasteiger partial charge in [0.1, 0.15) is 0 Å². The molecule has 2 N–H and O–H groups in total. The van der Waals surface area contributed by atoms with E-state index in [1.165, 1.54) is 24.3 Å². The van der Waals surface area contributed by atoms with E-state index >= 15 is 0 Å². The fourth-order valence-electron chi connectivity index (χ4n) is 2.08. The van der Waals surface area contributed by atoms with Gasteiger partial charge < -0.3 is 0 Å². The normalized spacial score (nSPS) is 13.1. The van der Waals surface area contributed by atoms with Crippen LogP contribution in [0, 0.1) is 10.1 Å². The average molecular weight is 520 g/mol. The van der Waals surface area contributed by atoms with Crippen molar-refractivity contribution in [3.05, 3.63) is 76.4 Å². The Morgan fingerprint density at radius 3 is 2.48 bits per heavy atom. The topological polar surface area (TPSA) is 96.6 Å². The van der Waals surface area contributed by atoms with Crippen LogP contribution in [0.5, 0.6) is 0 Å². The van der Waals surface area contributed by atoms with Crippen molar-refractivity contribution < 1.29 is 9.72 Å². The van der Waals surface area contributed by atoms with Crippen molar-refractivity contribution in [1.29, 1.82) is 0 Å². The van der Waals surface area contributed by atoms with Gasteiger partial charge in [-0.3, -0.25) is 0 Å². The van der Waals surface area contributed by atoms with Crippen molar-refractivity contribution in [2.75, 3.05) is 5.32 Å². The van der Waals surface area contributed by atoms with Crippen LogP contribution in [0.25, 0.3) is 6.08 Å². The van der Waals surface area contributed by atoms with Crippen molar-refractivity contribution in [2.24, 2.45) is 4.99 Å². The van der Waals surface area contributed by atoms with Crippen LogP contribution in [0.1, 0.15) is 5.56 Å². The first-order chi connectivity index (χ1) is 13.6. The molecule has 0 saturated heterocycles. The quantitative estimate of drug-likeness (QED) is 0.114. The number of nitro groups is 1. The Bertz CT molecular complexity index is 933. The molecule has 1 unspecified atom stereocenters. The van der Waals surface area contributed by atoms with Crippen LogP contribution in [0.4, 0.5) is 11.4 Å². The zero-order valence-electron chi connectivity index (χ0n) is 14.6. The van der Waals surface area contributed by atoms with Crippen LogP contribution in [0.2, 0.25) is 0 Å². The van der Waals surface area contributed by atoms with Gasteiger partial charge in [0, 0.05) is 0 Å². The molecule has 0 heterocycles. The molecule has 0 spiro atoms. The molecule has 0 fully saturated rings. The minimum absolute atomic E-state index is 0.0971. The van der Waals surface area contributed by atoms with Gasteiger partial charge in [-0.1, -0.05) is 0 Å². The molecule has 2 aromatic carbocycles. The second kappa shape index (κ2) is 10.6. The monoisotopic (exact) mass is 519 g/mol. The molecule has 2 rings (SSSR count). The zero-order valence-corrected chi connectivity index (χ0v) is 18.6. The molecule has 0 saturated carbocycles. The number of amidine groups is 1. The van der Waals surface area contributed by atoms with Crippen molar-refractivity contribution in [1.82, 2.24) is 5.32 Å². The number of halogens is 3. The van der Waals surface area contributed by atoms with Crippen molar-refractivity contribution in [3.8, 4) is 0 Å². The molecule has 151 valence electrons. The van der Waals surface area contributed by atoms with Gasteiger partial charge in [0.2, 0.25) is 0 Å². The summed E-state index contributed by atoms with van der Waals surface area (Å²) in [6.07, 6.45) is 1.68. The number of hydrogen-bond donors (Lipinski definition) is 2. The number of nitro benzene ring substituents is 1. The van der Waals surface area contributed by atoms with E-state index in [-0.39, 0.29) is 10.4 Å². The Kier molecular flexibility index (Phi) is 8.49. The number of anilines is 1. The minimum atomic E-state index is -1.93. The molecule has 0 aliphatic rings. The number of benzene rings is 2. The number of carbonyl (C=O) groups excluding carboxylic acids is 1. The number of hydrogen-bond acceptors (Lipinski definition) is 4. The van der Waals surface area contributed by atoms with E-state index in [2.05, 4.69) is 31.6 Å². The summed E-state index contributed by atoms with van der Waals surface area (Å²) in [5.41, 5.74) is 1.13. The van der Waals surface area contributed by atoms with Gasteiger partial charge >= 0.3 is 191 Å².